The Morgan fingerprint density at radius 2 is 1.82 bits per heavy atom. The minimum atomic E-state index is -0.887. The van der Waals surface area contributed by atoms with Gasteiger partial charge in [-0.05, 0) is 97.0 Å². The van der Waals surface area contributed by atoms with E-state index in [0.717, 1.165) is 38.9 Å². The molecular weight excluding hydrogens is 653 g/mol. The van der Waals surface area contributed by atoms with Gasteiger partial charge in [0.25, 0.3) is 11.8 Å². The molecule has 49 heavy (non-hydrogen) atoms. The van der Waals surface area contributed by atoms with Crippen LogP contribution >= 0.6 is 11.3 Å². The minimum absolute atomic E-state index is 0.0232. The van der Waals surface area contributed by atoms with Crippen LogP contribution in [0.25, 0.3) is 32.0 Å². The van der Waals surface area contributed by atoms with Crippen LogP contribution in [0.15, 0.2) is 63.9 Å². The maximum atomic E-state index is 14.2. The van der Waals surface area contributed by atoms with Crippen LogP contribution in [0, 0.1) is 17.5 Å². The number of aromatic amines is 1. The topological polar surface area (TPSA) is 117 Å². The van der Waals surface area contributed by atoms with E-state index in [2.05, 4.69) is 20.5 Å². The average Bonchev–Trinajstić information content (AvgIpc) is 3.93. The molecular formula is C36H27F3N6O3S. The zero-order valence-corrected chi connectivity index (χ0v) is 26.7. The molecule has 2 aliphatic heterocycles. The van der Waals surface area contributed by atoms with Crippen molar-refractivity contribution >= 4 is 33.1 Å². The number of nitrogens with zero attached hydrogens (tertiary/aromatic N) is 4. The maximum Gasteiger partial charge on any atom is 0.434 e. The van der Waals surface area contributed by atoms with Gasteiger partial charge in [0.2, 0.25) is 0 Å². The third-order valence-electron chi connectivity index (χ3n) is 9.81. The van der Waals surface area contributed by atoms with Gasteiger partial charge in [-0.2, -0.15) is 0 Å². The first-order valence-corrected chi connectivity index (χ1v) is 17.0. The zero-order valence-electron chi connectivity index (χ0n) is 25.9. The number of halogens is 3. The average molecular weight is 681 g/mol. The number of anilines is 1. The molecule has 9 nitrogen and oxygen atoms in total. The summed E-state index contributed by atoms with van der Waals surface area (Å²) in [5.74, 6) is -2.34. The van der Waals surface area contributed by atoms with E-state index in [4.69, 9.17) is 9.40 Å². The normalized spacial score (nSPS) is 17.9. The fraction of sp³-hybridized carbons (Fsp3) is 0.250. The van der Waals surface area contributed by atoms with Crippen molar-refractivity contribution in [2.24, 2.45) is 0 Å². The Morgan fingerprint density at radius 1 is 0.980 bits per heavy atom. The predicted octanol–water partition coefficient (Wildman–Crippen LogP) is 7.29. The standard InChI is InChI=1S/C36H27F3N6O3S/c37-20-7-3-17(4-8-20)5-9-25-28(34-43-44-36(47)48-34)29(30-31(41-25)26-2-1-13-45(26)35(30)46)27-15-19-11-12-40-33(32(19)49-27)42-24-10-6-18-14-22(38)23(39)16-21(18)24/h3-4,7-8,11-12,14-16,24,26H,1-2,5-6,9-10,13H2,(H,40,42)(H,44,47)/t24-,26-/m1/s1. The molecule has 2 N–H and O–H groups in total. The number of pyridine rings is 2. The molecule has 1 amide bonds. The summed E-state index contributed by atoms with van der Waals surface area (Å²) in [4.78, 5) is 38.7. The lowest BCUT2D eigenvalue weighted by Crippen LogP contribution is -2.22. The maximum absolute atomic E-state index is 14.2. The number of aromatic nitrogens is 4. The summed E-state index contributed by atoms with van der Waals surface area (Å²) >= 11 is 1.43. The lowest BCUT2D eigenvalue weighted by molar-refractivity contribution is 0.0776. The van der Waals surface area contributed by atoms with Crippen molar-refractivity contribution in [1.82, 2.24) is 25.1 Å². The second-order valence-electron chi connectivity index (χ2n) is 12.7. The first-order valence-electron chi connectivity index (χ1n) is 16.1. The number of H-pyrrole nitrogens is 1. The summed E-state index contributed by atoms with van der Waals surface area (Å²) in [6.07, 6.45) is 5.54. The number of benzene rings is 2. The van der Waals surface area contributed by atoms with Gasteiger partial charge in [0.1, 0.15) is 11.6 Å². The third kappa shape index (κ3) is 4.94. The number of hydrogen-bond acceptors (Lipinski definition) is 8. The summed E-state index contributed by atoms with van der Waals surface area (Å²) in [6.45, 7) is 0.620. The van der Waals surface area contributed by atoms with Gasteiger partial charge in [-0.25, -0.2) is 28.0 Å². The first kappa shape index (κ1) is 29.8. The van der Waals surface area contributed by atoms with E-state index >= 15 is 0 Å². The largest absolute Gasteiger partial charge is 0.434 e. The Morgan fingerprint density at radius 3 is 2.63 bits per heavy atom. The van der Waals surface area contributed by atoms with Crippen LogP contribution in [0.1, 0.15) is 69.8 Å². The Labute approximate surface area is 280 Å². The molecule has 6 aromatic rings. The molecule has 1 fully saturated rings. The van der Waals surface area contributed by atoms with Gasteiger partial charge in [-0.3, -0.25) is 9.78 Å². The Bertz CT molecular complexity index is 2370. The fourth-order valence-electron chi connectivity index (χ4n) is 7.56. The molecule has 0 bridgehead atoms. The van der Waals surface area contributed by atoms with Crippen LogP contribution in [0.4, 0.5) is 19.0 Å². The number of amides is 1. The highest BCUT2D eigenvalue weighted by Crippen LogP contribution is 2.50. The smallest absolute Gasteiger partial charge is 0.388 e. The Hall–Kier alpha value is -5.30. The number of thiophene rings is 1. The van der Waals surface area contributed by atoms with Gasteiger partial charge < -0.3 is 14.6 Å². The molecule has 4 aromatic heterocycles. The number of aryl methyl sites for hydroxylation is 3. The number of hydrogen-bond donors (Lipinski definition) is 2. The van der Waals surface area contributed by atoms with Gasteiger partial charge >= 0.3 is 5.76 Å². The van der Waals surface area contributed by atoms with Crippen LogP contribution in [-0.4, -0.2) is 37.5 Å². The minimum Gasteiger partial charge on any atom is -0.388 e. The highest BCUT2D eigenvalue weighted by Gasteiger charge is 2.45. The SMILES string of the molecule is O=C1c2c(nc(CCc3ccc(F)cc3)c(-c3n[nH]c(=O)o3)c2-c2cc3ccnc(N[C@@H]4CCc5cc(F)c(F)cc54)c3s2)[C@H]2CCCN12. The monoisotopic (exact) mass is 680 g/mol. The summed E-state index contributed by atoms with van der Waals surface area (Å²) in [5.41, 5.74) is 5.17. The second-order valence-corrected chi connectivity index (χ2v) is 13.7. The van der Waals surface area contributed by atoms with Crippen LogP contribution in [0.2, 0.25) is 0 Å². The van der Waals surface area contributed by atoms with Crippen molar-refractivity contribution < 1.29 is 22.4 Å². The third-order valence-corrected chi connectivity index (χ3v) is 11.0. The molecule has 1 saturated heterocycles. The van der Waals surface area contributed by atoms with E-state index in [-0.39, 0.29) is 29.7 Å². The number of carbonyl (C=O) groups is 1. The van der Waals surface area contributed by atoms with Crippen molar-refractivity contribution in [3.05, 3.63) is 116 Å². The number of nitrogens with one attached hydrogen (secondary N) is 2. The summed E-state index contributed by atoms with van der Waals surface area (Å²) < 4.78 is 48.2. The van der Waals surface area contributed by atoms with Crippen LogP contribution in [0.5, 0.6) is 0 Å². The van der Waals surface area contributed by atoms with Crippen LogP contribution in [0.3, 0.4) is 0 Å². The lowest BCUT2D eigenvalue weighted by Gasteiger charge is -2.16. The van der Waals surface area contributed by atoms with Crippen LogP contribution < -0.4 is 11.1 Å². The first-order chi connectivity index (χ1) is 23.8. The lowest BCUT2D eigenvalue weighted by atomic mass is 9.93. The quantitative estimate of drug-likeness (QED) is 0.182. The van der Waals surface area contributed by atoms with Crippen molar-refractivity contribution in [2.75, 3.05) is 11.9 Å². The van der Waals surface area contributed by atoms with Crippen molar-refractivity contribution in [2.45, 2.75) is 50.6 Å². The van der Waals surface area contributed by atoms with Crippen molar-refractivity contribution in [3.8, 4) is 21.9 Å². The zero-order chi connectivity index (χ0) is 33.4. The number of rotatable bonds is 7. The fourth-order valence-corrected chi connectivity index (χ4v) is 8.73. The van der Waals surface area contributed by atoms with Gasteiger partial charge in [-0.15, -0.1) is 16.4 Å². The highest BCUT2D eigenvalue weighted by atomic mass is 32.1. The van der Waals surface area contributed by atoms with E-state index in [1.165, 1.54) is 35.6 Å². The van der Waals surface area contributed by atoms with Gasteiger partial charge in [0.05, 0.1) is 39.3 Å². The highest BCUT2D eigenvalue weighted by molar-refractivity contribution is 7.23. The summed E-state index contributed by atoms with van der Waals surface area (Å²) in [7, 11) is 0. The summed E-state index contributed by atoms with van der Waals surface area (Å²) in [6, 6.07) is 12.2. The molecule has 0 spiro atoms. The van der Waals surface area contributed by atoms with Crippen molar-refractivity contribution in [3.63, 3.8) is 0 Å². The van der Waals surface area contributed by atoms with Gasteiger partial charge in [-0.1, -0.05) is 12.1 Å². The summed E-state index contributed by atoms with van der Waals surface area (Å²) in [5, 5.41) is 10.9. The molecule has 2 aromatic carbocycles. The Kier molecular flexibility index (Phi) is 6.94. The molecule has 0 unspecified atom stereocenters. The Balaban J connectivity index is 1.21. The molecule has 6 heterocycles. The molecule has 246 valence electrons. The van der Waals surface area contributed by atoms with Gasteiger partial charge in [0.15, 0.2) is 11.6 Å². The van der Waals surface area contributed by atoms with Gasteiger partial charge in [0, 0.05) is 23.2 Å². The van der Waals surface area contributed by atoms with E-state index in [0.29, 0.717) is 71.7 Å². The molecule has 0 radical (unpaired) electrons. The number of fused-ring (bicyclic) bond motifs is 5. The van der Waals surface area contributed by atoms with Crippen LogP contribution in [-0.2, 0) is 19.3 Å². The molecule has 0 saturated carbocycles. The molecule has 13 heteroatoms. The van der Waals surface area contributed by atoms with E-state index in [1.807, 2.05) is 17.0 Å². The van der Waals surface area contributed by atoms with E-state index < -0.39 is 17.4 Å². The predicted molar refractivity (Wildman–Crippen MR) is 177 cm³/mol. The molecule has 9 rings (SSSR count). The molecule has 2 atom stereocenters. The van der Waals surface area contributed by atoms with E-state index in [1.54, 1.807) is 18.3 Å². The second kappa shape index (κ2) is 11.4. The van der Waals surface area contributed by atoms with Crippen molar-refractivity contribution in [1.29, 1.82) is 0 Å². The number of carbonyl (C=O) groups excluding carboxylic acids is 1. The molecule has 3 aliphatic rings. The van der Waals surface area contributed by atoms with E-state index in [9.17, 15) is 22.8 Å². The molecule has 1 aliphatic carbocycles.